The largest absolute Gasteiger partial charge is 0.120 e. The van der Waals surface area contributed by atoms with Crippen LogP contribution in [0.2, 0.25) is 57.4 Å². The first-order valence-corrected chi connectivity index (χ1v) is 26.8. The Bertz CT molecular complexity index is 1310. The van der Waals surface area contributed by atoms with Crippen LogP contribution in [0.1, 0.15) is 81.5 Å². The summed E-state index contributed by atoms with van der Waals surface area (Å²) in [6.45, 7) is 22.1. The average Bonchev–Trinajstić information content (AvgIpc) is 3.35. The summed E-state index contributed by atoms with van der Waals surface area (Å²) in [6.07, 6.45) is 12.4. The molecule has 4 rings (SSSR count). The summed E-state index contributed by atoms with van der Waals surface area (Å²) >= 11 is 16.9. The van der Waals surface area contributed by atoms with Crippen molar-refractivity contribution >= 4 is 60.3 Å². The van der Waals surface area contributed by atoms with E-state index in [0.717, 1.165) is 18.5 Å². The van der Waals surface area contributed by atoms with Gasteiger partial charge in [-0.15, -0.1) is 23.2 Å². The molecule has 0 aliphatic heterocycles. The summed E-state index contributed by atoms with van der Waals surface area (Å²) in [4.78, 5) is 0. The van der Waals surface area contributed by atoms with Crippen molar-refractivity contribution in [3.05, 3.63) is 81.9 Å². The Labute approximate surface area is 272 Å². The topological polar surface area (TPSA) is 0 Å². The van der Waals surface area contributed by atoms with Gasteiger partial charge in [0.15, 0.2) is 0 Å². The first-order valence-electron chi connectivity index (χ1n) is 16.5. The molecular formula is C37H56Cl2Si3. The Kier molecular flexibility index (Phi) is 10.4. The molecule has 0 aromatic heterocycles. The van der Waals surface area contributed by atoms with E-state index in [0.29, 0.717) is 5.41 Å². The maximum Gasteiger partial charge on any atom is 0.120 e. The molecular weight excluding hydrogens is 600 g/mol. The van der Waals surface area contributed by atoms with Crippen LogP contribution < -0.4 is 0 Å². The number of alkyl halides is 2. The standard InChI is InChI=1S/C37H56Cl2Si3/c1-35(2,3)23-16-10-11-17-25-42(9,36(38)31(22-24-40(4)5)26-29-18-12-14-20-33(29)36)37(39)32(28-41(6,7)8)27-30-19-13-15-21-34(30)37/h12-15,18-21,26-27,40H,10-11,16-17,22-25,28H2,1-9H3. The van der Waals surface area contributed by atoms with Crippen molar-refractivity contribution in [1.82, 2.24) is 0 Å². The lowest BCUT2D eigenvalue weighted by Gasteiger charge is -2.53. The number of halogens is 2. The molecule has 0 N–H and O–H groups in total. The van der Waals surface area contributed by atoms with Gasteiger partial charge in [-0.3, -0.25) is 0 Å². The lowest BCUT2D eigenvalue weighted by atomic mass is 9.89. The lowest BCUT2D eigenvalue weighted by molar-refractivity contribution is 0.357. The highest BCUT2D eigenvalue weighted by Gasteiger charge is 2.66. The number of unbranched alkanes of at least 4 members (excludes halogenated alkanes) is 3. The van der Waals surface area contributed by atoms with Crippen molar-refractivity contribution in [2.24, 2.45) is 5.41 Å². The van der Waals surface area contributed by atoms with Gasteiger partial charge in [0, 0.05) is 16.9 Å². The SMILES string of the molecule is C[SiH](C)CCC1=Cc2ccccc2C1(Cl)[Si](C)(CCCCCCC(C)(C)C)C1(Cl)C(C[Si](C)(C)C)=Cc2ccccc21. The van der Waals surface area contributed by atoms with Gasteiger partial charge in [0.05, 0.1) is 8.99 Å². The van der Waals surface area contributed by atoms with Crippen molar-refractivity contribution in [3.8, 4) is 0 Å². The second-order valence-electron chi connectivity index (χ2n) is 16.3. The summed E-state index contributed by atoms with van der Waals surface area (Å²) < 4.78 is -1.04. The number of rotatable bonds is 13. The maximum absolute atomic E-state index is 8.46. The number of fused-ring (bicyclic) bond motifs is 2. The van der Waals surface area contributed by atoms with Gasteiger partial charge in [0.1, 0.15) is 8.07 Å². The van der Waals surface area contributed by atoms with Crippen LogP contribution >= 0.6 is 23.2 Å². The molecule has 5 heteroatoms. The van der Waals surface area contributed by atoms with Gasteiger partial charge in [-0.05, 0) is 52.1 Å². The minimum atomic E-state index is -2.60. The fourth-order valence-corrected chi connectivity index (χ4v) is 18.0. The van der Waals surface area contributed by atoms with E-state index in [-0.39, 0.29) is 0 Å². The van der Waals surface area contributed by atoms with Crippen LogP contribution in [0, 0.1) is 5.41 Å². The number of hydrogen-bond donors (Lipinski definition) is 0. The minimum Gasteiger partial charge on any atom is -0.113 e. The molecule has 2 aliphatic carbocycles. The van der Waals surface area contributed by atoms with Crippen LogP contribution in [0.5, 0.6) is 0 Å². The molecule has 0 radical (unpaired) electrons. The van der Waals surface area contributed by atoms with Gasteiger partial charge in [0.2, 0.25) is 0 Å². The molecule has 2 aromatic carbocycles. The van der Waals surface area contributed by atoms with Crippen molar-refractivity contribution in [2.45, 2.75) is 126 Å². The predicted molar refractivity (Wildman–Crippen MR) is 199 cm³/mol. The Balaban J connectivity index is 1.85. The zero-order valence-corrected chi connectivity index (χ0v) is 32.6. The lowest BCUT2D eigenvalue weighted by Crippen LogP contribution is -2.63. The molecule has 230 valence electrons. The fraction of sp³-hybridized carbons (Fsp3) is 0.568. The van der Waals surface area contributed by atoms with Crippen molar-refractivity contribution < 1.29 is 0 Å². The molecule has 0 spiro atoms. The van der Waals surface area contributed by atoms with Gasteiger partial charge in [0.25, 0.3) is 0 Å². The first kappa shape index (κ1) is 34.0. The second-order valence-corrected chi connectivity index (χ2v) is 31.6. The number of hydrogen-bond acceptors (Lipinski definition) is 0. The van der Waals surface area contributed by atoms with Crippen LogP contribution in [0.4, 0.5) is 0 Å². The molecule has 0 fully saturated rings. The summed E-state index contributed by atoms with van der Waals surface area (Å²) in [6, 6.07) is 21.5. The molecule has 0 saturated carbocycles. The second kappa shape index (κ2) is 12.9. The summed E-state index contributed by atoms with van der Waals surface area (Å²) in [5.41, 5.74) is 8.59. The highest BCUT2D eigenvalue weighted by molar-refractivity contribution is 6.96. The third kappa shape index (κ3) is 6.71. The quantitative estimate of drug-likeness (QED) is 0.114. The van der Waals surface area contributed by atoms with Crippen molar-refractivity contribution in [2.75, 3.05) is 0 Å². The summed E-state index contributed by atoms with van der Waals surface area (Å²) in [5, 5.41) is 0. The third-order valence-corrected chi connectivity index (χ3v) is 21.7. The molecule has 2 aromatic rings. The zero-order chi connectivity index (χ0) is 31.0. The molecule has 0 heterocycles. The molecule has 0 saturated heterocycles. The van der Waals surface area contributed by atoms with Crippen LogP contribution in [-0.4, -0.2) is 24.9 Å². The first-order chi connectivity index (χ1) is 19.5. The fourth-order valence-electron chi connectivity index (χ4n) is 7.60. The van der Waals surface area contributed by atoms with Crippen LogP contribution in [0.15, 0.2) is 59.7 Å². The van der Waals surface area contributed by atoms with E-state index in [4.69, 9.17) is 23.2 Å². The van der Waals surface area contributed by atoms with Crippen LogP contribution in [-0.2, 0) is 8.99 Å². The Morgan fingerprint density at radius 1 is 0.714 bits per heavy atom. The highest BCUT2D eigenvalue weighted by Crippen LogP contribution is 2.65. The minimum absolute atomic E-state index is 0.404. The number of benzene rings is 2. The highest BCUT2D eigenvalue weighted by atomic mass is 35.5. The van der Waals surface area contributed by atoms with Gasteiger partial charge in [-0.2, -0.15) is 0 Å². The summed E-state index contributed by atoms with van der Waals surface area (Å²) in [7, 11) is -4.81. The van der Waals surface area contributed by atoms with Crippen LogP contribution in [0.3, 0.4) is 0 Å². The normalized spacial score (nSPS) is 23.4. The summed E-state index contributed by atoms with van der Waals surface area (Å²) in [5.74, 6) is 0. The average molecular weight is 656 g/mol. The van der Waals surface area contributed by atoms with E-state index in [9.17, 15) is 0 Å². The zero-order valence-electron chi connectivity index (χ0n) is 28.0. The van der Waals surface area contributed by atoms with Gasteiger partial charge < -0.3 is 0 Å². The van der Waals surface area contributed by atoms with Crippen LogP contribution in [0.25, 0.3) is 12.2 Å². The molecule has 0 nitrogen and oxygen atoms in total. The van der Waals surface area contributed by atoms with E-state index in [1.807, 2.05) is 0 Å². The van der Waals surface area contributed by atoms with E-state index in [1.54, 1.807) is 0 Å². The Morgan fingerprint density at radius 2 is 1.21 bits per heavy atom. The maximum atomic E-state index is 8.46. The number of allylic oxidation sites excluding steroid dienone is 2. The van der Waals surface area contributed by atoms with Gasteiger partial charge in [-0.25, -0.2) is 0 Å². The molecule has 2 aliphatic rings. The molecule has 0 bridgehead atoms. The van der Waals surface area contributed by atoms with Crippen molar-refractivity contribution in [1.29, 1.82) is 0 Å². The smallest absolute Gasteiger partial charge is 0.113 e. The Hall–Kier alpha value is -0.849. The van der Waals surface area contributed by atoms with E-state index >= 15 is 0 Å². The molecule has 0 amide bonds. The van der Waals surface area contributed by atoms with E-state index < -0.39 is 33.9 Å². The Morgan fingerprint density at radius 3 is 1.74 bits per heavy atom. The predicted octanol–water partition coefficient (Wildman–Crippen LogP) is 12.4. The van der Waals surface area contributed by atoms with E-state index in [1.165, 1.54) is 71.5 Å². The van der Waals surface area contributed by atoms with Crippen molar-refractivity contribution in [3.63, 3.8) is 0 Å². The molecule has 3 atom stereocenters. The molecule has 3 unspecified atom stereocenters. The van der Waals surface area contributed by atoms with Gasteiger partial charge in [-0.1, -0.05) is 164 Å². The van der Waals surface area contributed by atoms with E-state index in [2.05, 4.69) is 121 Å². The monoisotopic (exact) mass is 654 g/mol. The third-order valence-electron chi connectivity index (χ3n) is 9.79. The van der Waals surface area contributed by atoms with Gasteiger partial charge >= 0.3 is 0 Å². The molecule has 42 heavy (non-hydrogen) atoms.